The lowest BCUT2D eigenvalue weighted by Gasteiger charge is -2.26. The SMILES string of the molecule is NCCC(=O)NCCCCCN1CCCCC1. The van der Waals surface area contributed by atoms with Gasteiger partial charge in [0.1, 0.15) is 0 Å². The lowest BCUT2D eigenvalue weighted by Crippen LogP contribution is -2.30. The summed E-state index contributed by atoms with van der Waals surface area (Å²) in [6.45, 7) is 5.05. The minimum atomic E-state index is 0.0866. The molecule has 0 radical (unpaired) electrons. The van der Waals surface area contributed by atoms with Gasteiger partial charge in [0, 0.05) is 19.5 Å². The van der Waals surface area contributed by atoms with Gasteiger partial charge >= 0.3 is 0 Å². The first-order valence-electron chi connectivity index (χ1n) is 7.02. The van der Waals surface area contributed by atoms with E-state index >= 15 is 0 Å². The molecular weight excluding hydrogens is 214 g/mol. The van der Waals surface area contributed by atoms with Gasteiger partial charge in [-0.15, -0.1) is 0 Å². The summed E-state index contributed by atoms with van der Waals surface area (Å²) in [6.07, 6.45) is 8.15. The van der Waals surface area contributed by atoms with Gasteiger partial charge in [-0.25, -0.2) is 0 Å². The van der Waals surface area contributed by atoms with Crippen molar-refractivity contribution in [2.24, 2.45) is 5.73 Å². The van der Waals surface area contributed by atoms with Gasteiger partial charge in [0.05, 0.1) is 0 Å². The van der Waals surface area contributed by atoms with Crippen LogP contribution in [0.3, 0.4) is 0 Å². The second kappa shape index (κ2) is 9.42. The Balaban J connectivity index is 1.85. The summed E-state index contributed by atoms with van der Waals surface area (Å²) >= 11 is 0. The summed E-state index contributed by atoms with van der Waals surface area (Å²) in [5.74, 6) is 0.0866. The molecule has 0 spiro atoms. The second-order valence-corrected chi connectivity index (χ2v) is 4.85. The van der Waals surface area contributed by atoms with Gasteiger partial charge < -0.3 is 16.0 Å². The summed E-state index contributed by atoms with van der Waals surface area (Å²) in [5, 5.41) is 2.89. The standard InChI is InChI=1S/C13H27N3O/c14-8-7-13(17)15-9-3-1-4-10-16-11-5-2-6-12-16/h1-12,14H2,(H,15,17). The molecule has 0 bridgehead atoms. The summed E-state index contributed by atoms with van der Waals surface area (Å²) < 4.78 is 0. The summed E-state index contributed by atoms with van der Waals surface area (Å²) in [6, 6.07) is 0. The van der Waals surface area contributed by atoms with Gasteiger partial charge in [-0.3, -0.25) is 4.79 Å². The zero-order valence-electron chi connectivity index (χ0n) is 10.9. The van der Waals surface area contributed by atoms with Crippen LogP contribution in [0.2, 0.25) is 0 Å². The average Bonchev–Trinajstić information content (AvgIpc) is 2.35. The van der Waals surface area contributed by atoms with E-state index in [2.05, 4.69) is 10.2 Å². The number of nitrogens with one attached hydrogen (secondary N) is 1. The first-order chi connectivity index (χ1) is 8.33. The van der Waals surface area contributed by atoms with E-state index in [0.717, 1.165) is 13.0 Å². The fourth-order valence-corrected chi connectivity index (χ4v) is 2.27. The van der Waals surface area contributed by atoms with Crippen LogP contribution in [0.5, 0.6) is 0 Å². The summed E-state index contributed by atoms with van der Waals surface area (Å²) in [7, 11) is 0. The van der Waals surface area contributed by atoms with Crippen LogP contribution in [0.1, 0.15) is 44.9 Å². The van der Waals surface area contributed by atoms with Crippen LogP contribution in [0.15, 0.2) is 0 Å². The van der Waals surface area contributed by atoms with E-state index in [0.29, 0.717) is 13.0 Å². The second-order valence-electron chi connectivity index (χ2n) is 4.85. The Morgan fingerprint density at radius 2 is 1.88 bits per heavy atom. The normalized spacial score (nSPS) is 17.0. The van der Waals surface area contributed by atoms with Crippen molar-refractivity contribution in [1.29, 1.82) is 0 Å². The van der Waals surface area contributed by atoms with Gasteiger partial charge in [0.2, 0.25) is 5.91 Å². The molecule has 1 heterocycles. The molecule has 0 atom stereocenters. The van der Waals surface area contributed by atoms with Crippen molar-refractivity contribution in [2.75, 3.05) is 32.7 Å². The van der Waals surface area contributed by atoms with Crippen molar-refractivity contribution >= 4 is 5.91 Å². The van der Waals surface area contributed by atoms with E-state index in [4.69, 9.17) is 5.73 Å². The van der Waals surface area contributed by atoms with Crippen molar-refractivity contribution in [3.63, 3.8) is 0 Å². The van der Waals surface area contributed by atoms with Crippen molar-refractivity contribution in [3.8, 4) is 0 Å². The molecule has 1 saturated heterocycles. The molecule has 4 heteroatoms. The zero-order valence-corrected chi connectivity index (χ0v) is 10.9. The number of nitrogens with two attached hydrogens (primary N) is 1. The largest absolute Gasteiger partial charge is 0.356 e. The van der Waals surface area contributed by atoms with Crippen LogP contribution in [0.25, 0.3) is 0 Å². The van der Waals surface area contributed by atoms with Crippen molar-refractivity contribution in [3.05, 3.63) is 0 Å². The Labute approximate surface area is 105 Å². The third kappa shape index (κ3) is 7.34. The summed E-state index contributed by atoms with van der Waals surface area (Å²) in [4.78, 5) is 13.7. The maximum atomic E-state index is 11.1. The van der Waals surface area contributed by atoms with Gasteiger partial charge in [0.15, 0.2) is 0 Å². The Kier molecular flexibility index (Phi) is 8.01. The van der Waals surface area contributed by atoms with Crippen LogP contribution >= 0.6 is 0 Å². The third-order valence-electron chi connectivity index (χ3n) is 3.29. The molecule has 0 saturated carbocycles. The van der Waals surface area contributed by atoms with E-state index in [1.807, 2.05) is 0 Å². The lowest BCUT2D eigenvalue weighted by atomic mass is 10.1. The Morgan fingerprint density at radius 1 is 1.12 bits per heavy atom. The van der Waals surface area contributed by atoms with Gasteiger partial charge in [-0.05, 0) is 45.3 Å². The molecule has 17 heavy (non-hydrogen) atoms. The fraction of sp³-hybridized carbons (Fsp3) is 0.923. The molecule has 4 nitrogen and oxygen atoms in total. The van der Waals surface area contributed by atoms with Gasteiger partial charge in [-0.1, -0.05) is 12.8 Å². The highest BCUT2D eigenvalue weighted by atomic mass is 16.1. The zero-order chi connectivity index (χ0) is 12.3. The monoisotopic (exact) mass is 241 g/mol. The molecule has 1 amide bonds. The maximum absolute atomic E-state index is 11.1. The van der Waals surface area contributed by atoms with Gasteiger partial charge in [-0.2, -0.15) is 0 Å². The molecule has 3 N–H and O–H groups in total. The van der Waals surface area contributed by atoms with Crippen molar-refractivity contribution in [1.82, 2.24) is 10.2 Å². The molecule has 100 valence electrons. The molecule has 0 unspecified atom stereocenters. The van der Waals surface area contributed by atoms with Crippen LogP contribution in [-0.4, -0.2) is 43.5 Å². The molecule has 0 aromatic carbocycles. The van der Waals surface area contributed by atoms with Crippen molar-refractivity contribution < 1.29 is 4.79 Å². The highest BCUT2D eigenvalue weighted by molar-refractivity contribution is 5.75. The number of likely N-dealkylation sites (tertiary alicyclic amines) is 1. The number of rotatable bonds is 8. The number of carbonyl (C=O) groups excluding carboxylic acids is 1. The predicted octanol–water partition coefficient (Wildman–Crippen LogP) is 1.11. The topological polar surface area (TPSA) is 58.4 Å². The number of nitrogens with zero attached hydrogens (tertiary/aromatic N) is 1. The van der Waals surface area contributed by atoms with Crippen LogP contribution < -0.4 is 11.1 Å². The van der Waals surface area contributed by atoms with Gasteiger partial charge in [0.25, 0.3) is 0 Å². The van der Waals surface area contributed by atoms with Crippen LogP contribution in [0, 0.1) is 0 Å². The number of amides is 1. The fourth-order valence-electron chi connectivity index (χ4n) is 2.27. The minimum absolute atomic E-state index is 0.0866. The Bertz CT molecular complexity index is 203. The first kappa shape index (κ1) is 14.5. The summed E-state index contributed by atoms with van der Waals surface area (Å²) in [5.41, 5.74) is 5.30. The Hall–Kier alpha value is -0.610. The molecule has 0 aromatic heterocycles. The van der Waals surface area contributed by atoms with Crippen molar-refractivity contribution in [2.45, 2.75) is 44.9 Å². The number of hydrogen-bond acceptors (Lipinski definition) is 3. The molecule has 0 aliphatic carbocycles. The van der Waals surface area contributed by atoms with E-state index < -0.39 is 0 Å². The molecule has 1 aliphatic rings. The molecule has 0 aromatic rings. The van der Waals surface area contributed by atoms with E-state index in [1.54, 1.807) is 0 Å². The number of unbranched alkanes of at least 4 members (excludes halogenated alkanes) is 2. The molecule has 1 rings (SSSR count). The first-order valence-corrected chi connectivity index (χ1v) is 7.02. The molecule has 1 aliphatic heterocycles. The predicted molar refractivity (Wildman–Crippen MR) is 70.8 cm³/mol. The number of hydrogen-bond donors (Lipinski definition) is 2. The van der Waals surface area contributed by atoms with E-state index in [9.17, 15) is 4.79 Å². The van der Waals surface area contributed by atoms with Crippen LogP contribution in [-0.2, 0) is 4.79 Å². The minimum Gasteiger partial charge on any atom is -0.356 e. The lowest BCUT2D eigenvalue weighted by molar-refractivity contribution is -0.120. The third-order valence-corrected chi connectivity index (χ3v) is 3.29. The Morgan fingerprint density at radius 3 is 2.59 bits per heavy atom. The van der Waals surface area contributed by atoms with Crippen LogP contribution in [0.4, 0.5) is 0 Å². The molecular formula is C13H27N3O. The smallest absolute Gasteiger partial charge is 0.221 e. The van der Waals surface area contributed by atoms with E-state index in [-0.39, 0.29) is 5.91 Å². The number of carbonyl (C=O) groups is 1. The van der Waals surface area contributed by atoms with E-state index in [1.165, 1.54) is 51.7 Å². The number of piperidine rings is 1. The quantitative estimate of drug-likeness (QED) is 0.626. The maximum Gasteiger partial charge on any atom is 0.221 e. The average molecular weight is 241 g/mol. The highest BCUT2D eigenvalue weighted by Gasteiger charge is 2.08. The molecule has 1 fully saturated rings. The highest BCUT2D eigenvalue weighted by Crippen LogP contribution is 2.09.